The van der Waals surface area contributed by atoms with Crippen LogP contribution in [0.25, 0.3) is 0 Å². The van der Waals surface area contributed by atoms with Crippen LogP contribution >= 0.6 is 0 Å². The minimum atomic E-state index is 0.436. The number of hydrazine groups is 1. The van der Waals surface area contributed by atoms with E-state index >= 15 is 0 Å². The Hall–Kier alpha value is -0.120. The van der Waals surface area contributed by atoms with E-state index in [1.54, 1.807) is 0 Å². The van der Waals surface area contributed by atoms with Gasteiger partial charge in [0, 0.05) is 27.2 Å². The first kappa shape index (κ1) is 8.97. The molecular weight excluding hydrogens is 140 g/mol. The molecule has 0 aromatic heterocycles. The average molecular weight is 158 g/mol. The Morgan fingerprint density at radius 2 is 2.27 bits per heavy atom. The van der Waals surface area contributed by atoms with Gasteiger partial charge in [-0.05, 0) is 6.42 Å². The average Bonchev–Trinajstić information content (AvgIpc) is 2.05. The summed E-state index contributed by atoms with van der Waals surface area (Å²) in [7, 11) is 4.16. The van der Waals surface area contributed by atoms with Crippen molar-refractivity contribution in [3.63, 3.8) is 0 Å². The molecular formula is C8H18N2O. The van der Waals surface area contributed by atoms with Gasteiger partial charge < -0.3 is 4.74 Å². The summed E-state index contributed by atoms with van der Waals surface area (Å²) in [5.74, 6) is 0. The van der Waals surface area contributed by atoms with Gasteiger partial charge in [-0.25, -0.2) is 10.0 Å². The van der Waals surface area contributed by atoms with Crippen LogP contribution in [0.15, 0.2) is 0 Å². The Kier molecular flexibility index (Phi) is 3.30. The van der Waals surface area contributed by atoms with Crippen molar-refractivity contribution in [2.45, 2.75) is 19.4 Å². The largest absolute Gasteiger partial charge is 0.375 e. The van der Waals surface area contributed by atoms with Crippen molar-refractivity contribution in [3.05, 3.63) is 0 Å². The highest BCUT2D eigenvalue weighted by atomic mass is 16.5. The lowest BCUT2D eigenvalue weighted by molar-refractivity contribution is -0.102. The fraction of sp³-hybridized carbons (Fsp3) is 1.00. The van der Waals surface area contributed by atoms with Crippen LogP contribution in [-0.4, -0.2) is 49.9 Å². The van der Waals surface area contributed by atoms with E-state index < -0.39 is 0 Å². The van der Waals surface area contributed by atoms with Crippen LogP contribution in [0, 0.1) is 0 Å². The highest BCUT2D eigenvalue weighted by molar-refractivity contribution is 4.66. The summed E-state index contributed by atoms with van der Waals surface area (Å²) < 4.78 is 5.54. The molecule has 0 saturated carbocycles. The summed E-state index contributed by atoms with van der Waals surface area (Å²) in [6.07, 6.45) is 1.55. The van der Waals surface area contributed by atoms with Crippen molar-refractivity contribution >= 4 is 0 Å². The molecule has 1 aliphatic rings. The molecule has 0 aromatic rings. The number of nitrogens with zero attached hydrogens (tertiary/aromatic N) is 2. The predicted molar refractivity (Wildman–Crippen MR) is 45.3 cm³/mol. The highest BCUT2D eigenvalue weighted by Crippen LogP contribution is 2.08. The monoisotopic (exact) mass is 158 g/mol. The molecule has 1 heterocycles. The van der Waals surface area contributed by atoms with E-state index in [9.17, 15) is 0 Å². The lowest BCUT2D eigenvalue weighted by Crippen LogP contribution is -2.48. The Labute approximate surface area is 68.9 Å². The summed E-state index contributed by atoms with van der Waals surface area (Å²) in [6.45, 7) is 5.12. The van der Waals surface area contributed by atoms with Crippen LogP contribution < -0.4 is 0 Å². The van der Waals surface area contributed by atoms with E-state index in [4.69, 9.17) is 4.74 Å². The molecule has 1 rings (SSSR count). The van der Waals surface area contributed by atoms with Crippen LogP contribution in [0.4, 0.5) is 0 Å². The highest BCUT2D eigenvalue weighted by Gasteiger charge is 2.19. The zero-order valence-electron chi connectivity index (χ0n) is 7.71. The first-order chi connectivity index (χ1) is 5.24. The molecule has 0 N–H and O–H groups in total. The Morgan fingerprint density at radius 1 is 1.55 bits per heavy atom. The summed E-state index contributed by atoms with van der Waals surface area (Å²) in [6, 6.07) is 0. The van der Waals surface area contributed by atoms with Crippen molar-refractivity contribution in [1.82, 2.24) is 10.0 Å². The number of hydrogen-bond donors (Lipinski definition) is 0. The molecule has 1 aliphatic heterocycles. The first-order valence-electron chi connectivity index (χ1n) is 4.27. The summed E-state index contributed by atoms with van der Waals surface area (Å²) in [5.41, 5.74) is 0. The SMILES string of the molecule is CCC1CN(N(C)C)CCO1. The fourth-order valence-electron chi connectivity index (χ4n) is 1.31. The molecule has 66 valence electrons. The van der Waals surface area contributed by atoms with Gasteiger partial charge >= 0.3 is 0 Å². The van der Waals surface area contributed by atoms with Crippen molar-refractivity contribution in [1.29, 1.82) is 0 Å². The second-order valence-corrected chi connectivity index (χ2v) is 3.16. The molecule has 0 bridgehead atoms. The van der Waals surface area contributed by atoms with E-state index in [1.165, 1.54) is 0 Å². The maximum absolute atomic E-state index is 5.54. The smallest absolute Gasteiger partial charge is 0.0714 e. The van der Waals surface area contributed by atoms with Crippen molar-refractivity contribution in [2.75, 3.05) is 33.8 Å². The molecule has 3 heteroatoms. The third kappa shape index (κ3) is 2.43. The normalized spacial score (nSPS) is 27.8. The van der Waals surface area contributed by atoms with Gasteiger partial charge in [0.15, 0.2) is 0 Å². The molecule has 0 aliphatic carbocycles. The topological polar surface area (TPSA) is 15.7 Å². The van der Waals surface area contributed by atoms with E-state index in [0.717, 1.165) is 26.1 Å². The molecule has 0 aromatic carbocycles. The molecule has 3 nitrogen and oxygen atoms in total. The zero-order valence-corrected chi connectivity index (χ0v) is 7.71. The van der Waals surface area contributed by atoms with Gasteiger partial charge in [0.05, 0.1) is 12.7 Å². The molecule has 1 atom stereocenters. The third-order valence-electron chi connectivity index (χ3n) is 2.14. The van der Waals surface area contributed by atoms with Crippen LogP contribution in [-0.2, 0) is 4.74 Å². The molecule has 1 unspecified atom stereocenters. The molecule has 11 heavy (non-hydrogen) atoms. The van der Waals surface area contributed by atoms with E-state index in [2.05, 4.69) is 31.0 Å². The second-order valence-electron chi connectivity index (χ2n) is 3.16. The van der Waals surface area contributed by atoms with Gasteiger partial charge in [-0.3, -0.25) is 0 Å². The quantitative estimate of drug-likeness (QED) is 0.584. The minimum Gasteiger partial charge on any atom is -0.375 e. The molecule has 1 saturated heterocycles. The van der Waals surface area contributed by atoms with Gasteiger partial charge in [0.2, 0.25) is 0 Å². The van der Waals surface area contributed by atoms with Gasteiger partial charge in [0.1, 0.15) is 0 Å². The predicted octanol–water partition coefficient (Wildman–Crippen LogP) is 0.574. The van der Waals surface area contributed by atoms with Crippen molar-refractivity contribution in [2.24, 2.45) is 0 Å². The fourth-order valence-corrected chi connectivity index (χ4v) is 1.31. The van der Waals surface area contributed by atoms with Crippen molar-refractivity contribution in [3.8, 4) is 0 Å². The zero-order chi connectivity index (χ0) is 8.27. The minimum absolute atomic E-state index is 0.436. The lowest BCUT2D eigenvalue weighted by atomic mass is 10.2. The molecule has 0 amide bonds. The van der Waals surface area contributed by atoms with Crippen LogP contribution in [0.5, 0.6) is 0 Å². The number of morpholine rings is 1. The van der Waals surface area contributed by atoms with E-state index in [1.807, 2.05) is 0 Å². The number of ether oxygens (including phenoxy) is 1. The maximum Gasteiger partial charge on any atom is 0.0714 e. The first-order valence-corrected chi connectivity index (χ1v) is 4.27. The van der Waals surface area contributed by atoms with Gasteiger partial charge in [-0.15, -0.1) is 0 Å². The van der Waals surface area contributed by atoms with Crippen molar-refractivity contribution < 1.29 is 4.74 Å². The van der Waals surface area contributed by atoms with E-state index in [0.29, 0.717) is 6.10 Å². The third-order valence-corrected chi connectivity index (χ3v) is 2.14. The van der Waals surface area contributed by atoms with Gasteiger partial charge in [0.25, 0.3) is 0 Å². The molecule has 1 fully saturated rings. The summed E-state index contributed by atoms with van der Waals surface area (Å²) in [5, 5.41) is 4.46. The maximum atomic E-state index is 5.54. The summed E-state index contributed by atoms with van der Waals surface area (Å²) >= 11 is 0. The van der Waals surface area contributed by atoms with Crippen LogP contribution in [0.2, 0.25) is 0 Å². The molecule has 0 radical (unpaired) electrons. The van der Waals surface area contributed by atoms with Gasteiger partial charge in [-0.2, -0.15) is 0 Å². The van der Waals surface area contributed by atoms with Gasteiger partial charge in [-0.1, -0.05) is 6.92 Å². The Bertz CT molecular complexity index is 117. The standard InChI is InChI=1S/C8H18N2O/c1-4-8-7-10(9(2)3)5-6-11-8/h8H,4-7H2,1-3H3. The summed E-state index contributed by atoms with van der Waals surface area (Å²) in [4.78, 5) is 0. The second kappa shape index (κ2) is 4.04. The Balaban J connectivity index is 2.33. The van der Waals surface area contributed by atoms with Crippen LogP contribution in [0.1, 0.15) is 13.3 Å². The molecule has 0 spiro atoms. The lowest BCUT2D eigenvalue weighted by Gasteiger charge is -2.36. The number of hydrogen-bond acceptors (Lipinski definition) is 3. The van der Waals surface area contributed by atoms with Crippen LogP contribution in [0.3, 0.4) is 0 Å². The number of rotatable bonds is 2. The van der Waals surface area contributed by atoms with E-state index in [-0.39, 0.29) is 0 Å². The Morgan fingerprint density at radius 3 is 2.82 bits per heavy atom.